The molecule has 2 N–H and O–H groups in total. The highest BCUT2D eigenvalue weighted by atomic mass is 19.1. The third-order valence-electron chi connectivity index (χ3n) is 7.20. The maximum Gasteiger partial charge on any atom is 0.123 e. The van der Waals surface area contributed by atoms with Crippen molar-refractivity contribution in [3.63, 3.8) is 0 Å². The van der Waals surface area contributed by atoms with E-state index in [1.165, 1.54) is 38.2 Å². The Balaban J connectivity index is 1.64. The number of aliphatic hydroxyl groups is 1. The zero-order chi connectivity index (χ0) is 22.8. The van der Waals surface area contributed by atoms with Gasteiger partial charge in [-0.2, -0.15) is 0 Å². The molecule has 1 aliphatic rings. The lowest BCUT2D eigenvalue weighted by Gasteiger charge is -2.41. The number of H-pyrrole nitrogens is 1. The molecule has 0 spiro atoms. The van der Waals surface area contributed by atoms with E-state index in [0.717, 1.165) is 28.6 Å². The molecule has 3 aromatic rings. The van der Waals surface area contributed by atoms with E-state index in [9.17, 15) is 9.50 Å². The fraction of sp³-hybridized carbons (Fsp3) is 0.500. The molecular formula is C28H36FNO2. The zero-order valence-corrected chi connectivity index (χ0v) is 19.6. The molecule has 1 heterocycles. The van der Waals surface area contributed by atoms with Crippen LogP contribution in [0.1, 0.15) is 70.1 Å². The molecule has 0 amide bonds. The topological polar surface area (TPSA) is 45.2 Å². The summed E-state index contributed by atoms with van der Waals surface area (Å²) in [5, 5.41) is 12.7. The average Bonchev–Trinajstić information content (AvgIpc) is 3.15. The first-order chi connectivity index (χ1) is 15.3. The molecule has 0 bridgehead atoms. The highest BCUT2D eigenvalue weighted by molar-refractivity contribution is 5.80. The SMILES string of the molecule is COc1ccc(F)cc1C(C)(CC1CCCCC1)CC(C)(O)Cc1cc2ccccc2[nH]1. The van der Waals surface area contributed by atoms with Crippen LogP contribution in [0, 0.1) is 11.7 Å². The van der Waals surface area contributed by atoms with Crippen molar-refractivity contribution in [2.75, 3.05) is 7.11 Å². The summed E-state index contributed by atoms with van der Waals surface area (Å²) in [5.74, 6) is 1.03. The van der Waals surface area contributed by atoms with Crippen molar-refractivity contribution >= 4 is 10.9 Å². The Bertz CT molecular complexity index is 1020. The number of hydrogen-bond donors (Lipinski definition) is 2. The molecule has 32 heavy (non-hydrogen) atoms. The minimum atomic E-state index is -0.957. The fourth-order valence-electron chi connectivity index (χ4n) is 6.00. The van der Waals surface area contributed by atoms with Gasteiger partial charge in [0.05, 0.1) is 12.7 Å². The van der Waals surface area contributed by atoms with Crippen molar-refractivity contribution in [3.8, 4) is 5.75 Å². The lowest BCUT2D eigenvalue weighted by Crippen LogP contribution is -2.39. The van der Waals surface area contributed by atoms with Crippen LogP contribution in [0.15, 0.2) is 48.5 Å². The van der Waals surface area contributed by atoms with E-state index >= 15 is 0 Å². The van der Waals surface area contributed by atoms with E-state index < -0.39 is 11.0 Å². The van der Waals surface area contributed by atoms with Crippen LogP contribution in [0.4, 0.5) is 4.39 Å². The summed E-state index contributed by atoms with van der Waals surface area (Å²) in [4.78, 5) is 3.45. The summed E-state index contributed by atoms with van der Waals surface area (Å²) in [6.45, 7) is 4.09. The van der Waals surface area contributed by atoms with Gasteiger partial charge in [0.1, 0.15) is 11.6 Å². The van der Waals surface area contributed by atoms with Crippen LogP contribution < -0.4 is 4.74 Å². The van der Waals surface area contributed by atoms with E-state index in [4.69, 9.17) is 4.74 Å². The Morgan fingerprint density at radius 3 is 2.53 bits per heavy atom. The normalized spacial score (nSPS) is 18.9. The largest absolute Gasteiger partial charge is 0.496 e. The molecule has 4 rings (SSSR count). The van der Waals surface area contributed by atoms with Crippen molar-refractivity contribution in [2.24, 2.45) is 5.92 Å². The van der Waals surface area contributed by atoms with Crippen LogP contribution in [0.5, 0.6) is 5.75 Å². The number of aromatic nitrogens is 1. The molecule has 1 aliphatic carbocycles. The predicted octanol–water partition coefficient (Wildman–Crippen LogP) is 6.93. The number of aromatic amines is 1. The van der Waals surface area contributed by atoms with E-state index in [1.54, 1.807) is 19.2 Å². The van der Waals surface area contributed by atoms with Gasteiger partial charge in [-0.3, -0.25) is 0 Å². The van der Waals surface area contributed by atoms with Gasteiger partial charge in [0, 0.05) is 23.2 Å². The Morgan fingerprint density at radius 1 is 1.06 bits per heavy atom. The molecule has 2 aromatic carbocycles. The molecule has 3 nitrogen and oxygen atoms in total. The second kappa shape index (κ2) is 9.27. The van der Waals surface area contributed by atoms with Crippen molar-refractivity contribution in [1.82, 2.24) is 4.98 Å². The highest BCUT2D eigenvalue weighted by Crippen LogP contribution is 2.45. The summed E-state index contributed by atoms with van der Waals surface area (Å²) in [7, 11) is 1.64. The van der Waals surface area contributed by atoms with Crippen LogP contribution in [-0.4, -0.2) is 22.8 Å². The number of hydrogen-bond acceptors (Lipinski definition) is 2. The van der Waals surface area contributed by atoms with Crippen LogP contribution in [-0.2, 0) is 11.8 Å². The van der Waals surface area contributed by atoms with Crippen molar-refractivity contribution in [3.05, 3.63) is 65.6 Å². The first-order valence-electron chi connectivity index (χ1n) is 11.9. The molecule has 2 unspecified atom stereocenters. The summed E-state index contributed by atoms with van der Waals surface area (Å²) < 4.78 is 20.0. The maximum atomic E-state index is 14.4. The van der Waals surface area contributed by atoms with Gasteiger partial charge in [-0.1, -0.05) is 57.2 Å². The molecule has 1 fully saturated rings. The number of benzene rings is 2. The molecule has 0 aliphatic heterocycles. The van der Waals surface area contributed by atoms with Gasteiger partial charge in [0.25, 0.3) is 0 Å². The van der Waals surface area contributed by atoms with Crippen LogP contribution in [0.25, 0.3) is 10.9 Å². The first kappa shape index (κ1) is 22.8. The molecule has 1 aromatic heterocycles. The Labute approximate surface area is 191 Å². The Morgan fingerprint density at radius 2 is 1.81 bits per heavy atom. The highest BCUT2D eigenvalue weighted by Gasteiger charge is 2.39. The Kier molecular flexibility index (Phi) is 6.62. The average molecular weight is 438 g/mol. The lowest BCUT2D eigenvalue weighted by atomic mass is 9.66. The summed E-state index contributed by atoms with van der Waals surface area (Å²) in [6, 6.07) is 15.1. The second-order valence-electron chi connectivity index (χ2n) is 10.3. The van der Waals surface area contributed by atoms with Gasteiger partial charge in [-0.05, 0) is 66.8 Å². The van der Waals surface area contributed by atoms with E-state index in [-0.39, 0.29) is 5.82 Å². The fourth-order valence-corrected chi connectivity index (χ4v) is 6.00. The van der Waals surface area contributed by atoms with Crippen LogP contribution >= 0.6 is 0 Å². The molecule has 1 saturated carbocycles. The molecule has 2 atom stereocenters. The van der Waals surface area contributed by atoms with E-state index in [0.29, 0.717) is 24.5 Å². The second-order valence-corrected chi connectivity index (χ2v) is 10.3. The summed E-state index contributed by atoms with van der Waals surface area (Å²) in [5.41, 5.74) is 1.60. The minimum absolute atomic E-state index is 0.258. The summed E-state index contributed by atoms with van der Waals surface area (Å²) in [6.07, 6.45) is 8.20. The Hall–Kier alpha value is -2.33. The number of nitrogens with one attached hydrogen (secondary N) is 1. The van der Waals surface area contributed by atoms with Crippen molar-refractivity contribution < 1.29 is 14.2 Å². The molecule has 0 saturated heterocycles. The maximum absolute atomic E-state index is 14.4. The quantitative estimate of drug-likeness (QED) is 0.401. The third kappa shape index (κ3) is 5.17. The van der Waals surface area contributed by atoms with Gasteiger partial charge >= 0.3 is 0 Å². The molecule has 0 radical (unpaired) electrons. The number of halogens is 1. The summed E-state index contributed by atoms with van der Waals surface area (Å²) >= 11 is 0. The molecular weight excluding hydrogens is 401 g/mol. The minimum Gasteiger partial charge on any atom is -0.496 e. The van der Waals surface area contributed by atoms with Gasteiger partial charge in [0.2, 0.25) is 0 Å². The van der Waals surface area contributed by atoms with Gasteiger partial charge in [-0.15, -0.1) is 0 Å². The molecule has 172 valence electrons. The van der Waals surface area contributed by atoms with Gasteiger partial charge < -0.3 is 14.8 Å². The monoisotopic (exact) mass is 437 g/mol. The van der Waals surface area contributed by atoms with Crippen molar-refractivity contribution in [1.29, 1.82) is 0 Å². The number of para-hydroxylation sites is 1. The number of methoxy groups -OCH3 is 1. The van der Waals surface area contributed by atoms with Crippen molar-refractivity contribution in [2.45, 2.75) is 76.2 Å². The number of fused-ring (bicyclic) bond motifs is 1. The number of ether oxygens (including phenoxy) is 1. The first-order valence-corrected chi connectivity index (χ1v) is 11.9. The van der Waals surface area contributed by atoms with Gasteiger partial charge in [0.15, 0.2) is 0 Å². The van der Waals surface area contributed by atoms with Gasteiger partial charge in [-0.25, -0.2) is 4.39 Å². The smallest absolute Gasteiger partial charge is 0.123 e. The zero-order valence-electron chi connectivity index (χ0n) is 19.6. The standard InChI is InChI=1S/C28H36FNO2/c1-27(17-20-9-5-4-6-10-20,24-16-22(29)13-14-26(24)32-3)19-28(2,31)18-23-15-21-11-7-8-12-25(21)30-23/h7-8,11-16,20,30-31H,4-6,9-10,17-19H2,1-3H3. The van der Waals surface area contributed by atoms with E-state index in [2.05, 4.69) is 30.1 Å². The van der Waals surface area contributed by atoms with Crippen LogP contribution in [0.2, 0.25) is 0 Å². The molecule has 4 heteroatoms. The number of rotatable bonds is 8. The predicted molar refractivity (Wildman–Crippen MR) is 129 cm³/mol. The third-order valence-corrected chi connectivity index (χ3v) is 7.20. The lowest BCUT2D eigenvalue weighted by molar-refractivity contribution is 0.0214. The van der Waals surface area contributed by atoms with E-state index in [1.807, 2.05) is 19.1 Å². The van der Waals surface area contributed by atoms with Crippen LogP contribution in [0.3, 0.4) is 0 Å².